The van der Waals surface area contributed by atoms with Gasteiger partial charge in [-0.25, -0.2) is 4.79 Å². The fourth-order valence-electron chi connectivity index (χ4n) is 0.874. The minimum atomic E-state index is -0.706. The highest BCUT2D eigenvalue weighted by molar-refractivity contribution is 5.67. The van der Waals surface area contributed by atoms with Gasteiger partial charge in [0.05, 0.1) is 12.6 Å². The van der Waals surface area contributed by atoms with E-state index in [9.17, 15) is 9.90 Å². The fraction of sp³-hybridized carbons (Fsp3) is 0.727. The van der Waals surface area contributed by atoms with Gasteiger partial charge < -0.3 is 15.2 Å². The van der Waals surface area contributed by atoms with Crippen LogP contribution in [0.2, 0.25) is 0 Å². The van der Waals surface area contributed by atoms with Crippen LogP contribution in [0, 0.1) is 0 Å². The van der Waals surface area contributed by atoms with Gasteiger partial charge in [-0.3, -0.25) is 0 Å². The van der Waals surface area contributed by atoms with Gasteiger partial charge in [-0.05, 0) is 32.8 Å². The highest BCUT2D eigenvalue weighted by Gasteiger charge is 2.17. The number of carbonyl (C=O) groups is 1. The molecule has 15 heavy (non-hydrogen) atoms. The largest absolute Gasteiger partial charge is 0.444 e. The molecule has 0 aliphatic carbocycles. The summed E-state index contributed by atoms with van der Waals surface area (Å²) in [5.74, 6) is 0. The highest BCUT2D eigenvalue weighted by Crippen LogP contribution is 2.07. The van der Waals surface area contributed by atoms with E-state index in [4.69, 9.17) is 4.74 Å². The molecule has 0 aromatic carbocycles. The third kappa shape index (κ3) is 6.96. The molecular weight excluding hydrogens is 194 g/mol. The van der Waals surface area contributed by atoms with E-state index < -0.39 is 17.8 Å². The van der Waals surface area contributed by atoms with E-state index in [-0.39, 0.29) is 6.54 Å². The second kappa shape index (κ2) is 5.75. The standard InChI is InChI=1S/C11H21NO3/c1-6-8(2)9(13)7-12-10(14)15-11(3,4)5/h9,13H,2,6-7H2,1,3-5H3,(H,12,14). The molecule has 0 aromatic rings. The van der Waals surface area contributed by atoms with E-state index in [1.807, 2.05) is 6.92 Å². The lowest BCUT2D eigenvalue weighted by molar-refractivity contribution is 0.0502. The Morgan fingerprint density at radius 2 is 2.07 bits per heavy atom. The van der Waals surface area contributed by atoms with Gasteiger partial charge in [0, 0.05) is 0 Å². The molecule has 0 rings (SSSR count). The van der Waals surface area contributed by atoms with Gasteiger partial charge in [-0.15, -0.1) is 0 Å². The molecule has 1 amide bonds. The summed E-state index contributed by atoms with van der Waals surface area (Å²) in [6.45, 7) is 11.1. The monoisotopic (exact) mass is 215 g/mol. The van der Waals surface area contributed by atoms with Crippen LogP contribution in [0.15, 0.2) is 12.2 Å². The van der Waals surface area contributed by atoms with Gasteiger partial charge in [0.2, 0.25) is 0 Å². The van der Waals surface area contributed by atoms with E-state index in [0.717, 1.165) is 0 Å². The Kier molecular flexibility index (Phi) is 5.36. The molecule has 0 bridgehead atoms. The third-order valence-corrected chi connectivity index (χ3v) is 1.76. The zero-order valence-electron chi connectivity index (χ0n) is 9.96. The molecule has 4 nitrogen and oxygen atoms in total. The van der Waals surface area contributed by atoms with E-state index in [2.05, 4.69) is 11.9 Å². The summed E-state index contributed by atoms with van der Waals surface area (Å²) < 4.78 is 5.01. The van der Waals surface area contributed by atoms with Crippen molar-refractivity contribution in [3.05, 3.63) is 12.2 Å². The van der Waals surface area contributed by atoms with Gasteiger partial charge in [-0.2, -0.15) is 0 Å². The molecule has 0 saturated heterocycles. The summed E-state index contributed by atoms with van der Waals surface area (Å²) in [4.78, 5) is 11.2. The van der Waals surface area contributed by atoms with Crippen molar-refractivity contribution in [3.63, 3.8) is 0 Å². The molecule has 0 fully saturated rings. The van der Waals surface area contributed by atoms with Gasteiger partial charge in [0.1, 0.15) is 5.60 Å². The number of hydrogen-bond donors (Lipinski definition) is 2. The molecular formula is C11H21NO3. The van der Waals surface area contributed by atoms with Gasteiger partial charge in [0.25, 0.3) is 0 Å². The number of carbonyl (C=O) groups excluding carboxylic acids is 1. The van der Waals surface area contributed by atoms with Crippen LogP contribution >= 0.6 is 0 Å². The number of nitrogens with one attached hydrogen (secondary N) is 1. The number of ether oxygens (including phenoxy) is 1. The number of aliphatic hydroxyl groups excluding tert-OH is 1. The van der Waals surface area contributed by atoms with Crippen molar-refractivity contribution in [3.8, 4) is 0 Å². The Labute approximate surface area is 91.3 Å². The normalized spacial score (nSPS) is 13.1. The van der Waals surface area contributed by atoms with Crippen LogP contribution in [0.4, 0.5) is 4.79 Å². The summed E-state index contributed by atoms with van der Waals surface area (Å²) in [6.07, 6.45) is -0.537. The number of amides is 1. The zero-order chi connectivity index (χ0) is 12.1. The minimum Gasteiger partial charge on any atom is -0.444 e. The Morgan fingerprint density at radius 1 is 1.53 bits per heavy atom. The first-order valence-electron chi connectivity index (χ1n) is 5.09. The van der Waals surface area contributed by atoms with Crippen LogP contribution < -0.4 is 5.32 Å². The Hall–Kier alpha value is -1.03. The molecule has 0 heterocycles. The van der Waals surface area contributed by atoms with Crippen molar-refractivity contribution < 1.29 is 14.6 Å². The first-order valence-corrected chi connectivity index (χ1v) is 5.09. The molecule has 1 atom stereocenters. The Bertz CT molecular complexity index is 230. The quantitative estimate of drug-likeness (QED) is 0.703. The van der Waals surface area contributed by atoms with E-state index in [1.54, 1.807) is 20.8 Å². The van der Waals surface area contributed by atoms with Crippen molar-refractivity contribution in [1.82, 2.24) is 5.32 Å². The predicted molar refractivity (Wildman–Crippen MR) is 59.7 cm³/mol. The second-order valence-corrected chi connectivity index (χ2v) is 4.41. The van der Waals surface area contributed by atoms with Crippen LogP contribution in [-0.4, -0.2) is 29.4 Å². The molecule has 88 valence electrons. The maximum Gasteiger partial charge on any atom is 0.407 e. The first-order chi connectivity index (χ1) is 6.76. The molecule has 1 unspecified atom stereocenters. The zero-order valence-corrected chi connectivity index (χ0v) is 9.96. The van der Waals surface area contributed by atoms with E-state index >= 15 is 0 Å². The van der Waals surface area contributed by atoms with Crippen LogP contribution in [0.3, 0.4) is 0 Å². The van der Waals surface area contributed by atoms with Gasteiger partial charge in [0.15, 0.2) is 0 Å². The van der Waals surface area contributed by atoms with Crippen molar-refractivity contribution in [1.29, 1.82) is 0 Å². The lowest BCUT2D eigenvalue weighted by Gasteiger charge is -2.20. The lowest BCUT2D eigenvalue weighted by atomic mass is 10.1. The number of aliphatic hydroxyl groups is 1. The average Bonchev–Trinajstić information content (AvgIpc) is 2.10. The lowest BCUT2D eigenvalue weighted by Crippen LogP contribution is -2.37. The van der Waals surface area contributed by atoms with Gasteiger partial charge >= 0.3 is 6.09 Å². The van der Waals surface area contributed by atoms with Crippen molar-refractivity contribution in [2.45, 2.75) is 45.8 Å². The Morgan fingerprint density at radius 3 is 2.47 bits per heavy atom. The summed E-state index contributed by atoms with van der Waals surface area (Å²) in [5, 5.41) is 12.0. The molecule has 0 aliphatic rings. The van der Waals surface area contributed by atoms with Crippen LogP contribution in [-0.2, 0) is 4.74 Å². The van der Waals surface area contributed by atoms with E-state index in [1.165, 1.54) is 0 Å². The maximum atomic E-state index is 11.2. The molecule has 4 heteroatoms. The SMILES string of the molecule is C=C(CC)C(O)CNC(=O)OC(C)(C)C. The summed E-state index contributed by atoms with van der Waals surface area (Å²) in [5.41, 5.74) is 0.183. The van der Waals surface area contributed by atoms with E-state index in [0.29, 0.717) is 12.0 Å². The number of rotatable bonds is 4. The Balaban J connectivity index is 3.86. The molecule has 2 N–H and O–H groups in total. The highest BCUT2D eigenvalue weighted by atomic mass is 16.6. The third-order valence-electron chi connectivity index (χ3n) is 1.76. The van der Waals surface area contributed by atoms with Crippen LogP contribution in [0.5, 0.6) is 0 Å². The molecule has 0 aromatic heterocycles. The number of hydrogen-bond acceptors (Lipinski definition) is 3. The van der Waals surface area contributed by atoms with Crippen molar-refractivity contribution in [2.24, 2.45) is 0 Å². The molecule has 0 saturated carbocycles. The minimum absolute atomic E-state index is 0.140. The van der Waals surface area contributed by atoms with Crippen molar-refractivity contribution in [2.75, 3.05) is 6.54 Å². The average molecular weight is 215 g/mol. The molecule has 0 spiro atoms. The topological polar surface area (TPSA) is 58.6 Å². The van der Waals surface area contributed by atoms with Gasteiger partial charge in [-0.1, -0.05) is 13.5 Å². The fourth-order valence-corrected chi connectivity index (χ4v) is 0.874. The van der Waals surface area contributed by atoms with Crippen LogP contribution in [0.1, 0.15) is 34.1 Å². The predicted octanol–water partition coefficient (Wildman–Crippen LogP) is 1.84. The van der Waals surface area contributed by atoms with Crippen molar-refractivity contribution >= 4 is 6.09 Å². The first kappa shape index (κ1) is 14.0. The smallest absolute Gasteiger partial charge is 0.407 e. The maximum absolute atomic E-state index is 11.2. The summed E-state index contributed by atoms with van der Waals surface area (Å²) >= 11 is 0. The summed E-state index contributed by atoms with van der Waals surface area (Å²) in [7, 11) is 0. The molecule has 0 aliphatic heterocycles. The second-order valence-electron chi connectivity index (χ2n) is 4.41. The molecule has 0 radical (unpaired) electrons. The van der Waals surface area contributed by atoms with Crippen LogP contribution in [0.25, 0.3) is 0 Å². The number of alkyl carbamates (subject to hydrolysis) is 1. The summed E-state index contributed by atoms with van der Waals surface area (Å²) in [6, 6.07) is 0.